The highest BCUT2D eigenvalue weighted by Crippen LogP contribution is 2.33. The number of aryl methyl sites for hydroxylation is 2. The predicted molar refractivity (Wildman–Crippen MR) is 79.1 cm³/mol. The summed E-state index contributed by atoms with van der Waals surface area (Å²) in [5.41, 5.74) is 2.27. The fourth-order valence-electron chi connectivity index (χ4n) is 2.07. The van der Waals surface area contributed by atoms with Gasteiger partial charge in [-0.15, -0.1) is 0 Å². The van der Waals surface area contributed by atoms with Gasteiger partial charge in [-0.3, -0.25) is 4.79 Å². The topological polar surface area (TPSA) is 44.1 Å². The number of ketones is 1. The molecule has 20 heavy (non-hydrogen) atoms. The molecule has 0 saturated carbocycles. The molecule has 0 aliphatic heterocycles. The molecule has 4 nitrogen and oxygen atoms in total. The van der Waals surface area contributed by atoms with Crippen LogP contribution < -0.4 is 4.74 Å². The second-order valence-electron chi connectivity index (χ2n) is 4.51. The third-order valence-electron chi connectivity index (χ3n) is 3.17. The standard InChI is InChI=1S/C14H14Cl2N2O2/c1-7-5-9(12(16)8(2)11(7)15)13(19)10-6-17-18(3)14(10)20-4/h5-6H,1-4H3. The van der Waals surface area contributed by atoms with Crippen molar-refractivity contribution in [2.45, 2.75) is 13.8 Å². The molecular formula is C14H14Cl2N2O2. The molecule has 1 aromatic carbocycles. The molecule has 0 spiro atoms. The summed E-state index contributed by atoms with van der Waals surface area (Å²) < 4.78 is 6.69. The Bertz CT molecular complexity index is 693. The van der Waals surface area contributed by atoms with Crippen molar-refractivity contribution in [2.75, 3.05) is 7.11 Å². The zero-order valence-corrected chi connectivity index (χ0v) is 13.1. The highest BCUT2D eigenvalue weighted by atomic mass is 35.5. The number of nitrogens with zero attached hydrogens (tertiary/aromatic N) is 2. The molecular weight excluding hydrogens is 299 g/mol. The summed E-state index contributed by atoms with van der Waals surface area (Å²) in [6.45, 7) is 3.62. The summed E-state index contributed by atoms with van der Waals surface area (Å²) in [6.07, 6.45) is 1.47. The molecule has 0 amide bonds. The second kappa shape index (κ2) is 5.46. The average Bonchev–Trinajstić information content (AvgIpc) is 2.80. The van der Waals surface area contributed by atoms with Gasteiger partial charge in [-0.25, -0.2) is 4.68 Å². The average molecular weight is 313 g/mol. The van der Waals surface area contributed by atoms with E-state index in [9.17, 15) is 4.79 Å². The molecule has 0 aliphatic carbocycles. The molecule has 6 heteroatoms. The van der Waals surface area contributed by atoms with Gasteiger partial charge in [0, 0.05) is 17.6 Å². The van der Waals surface area contributed by atoms with E-state index in [2.05, 4.69) is 5.10 Å². The first-order valence-electron chi connectivity index (χ1n) is 5.94. The first kappa shape index (κ1) is 14.9. The van der Waals surface area contributed by atoms with Crippen molar-refractivity contribution < 1.29 is 9.53 Å². The largest absolute Gasteiger partial charge is 0.481 e. The van der Waals surface area contributed by atoms with E-state index >= 15 is 0 Å². The normalized spacial score (nSPS) is 10.7. The molecule has 0 unspecified atom stereocenters. The molecule has 1 aromatic heterocycles. The smallest absolute Gasteiger partial charge is 0.222 e. The summed E-state index contributed by atoms with van der Waals surface area (Å²) in [6, 6.07) is 1.69. The minimum absolute atomic E-state index is 0.234. The zero-order valence-electron chi connectivity index (χ0n) is 11.6. The van der Waals surface area contributed by atoms with Crippen LogP contribution >= 0.6 is 23.2 Å². The minimum atomic E-state index is -0.234. The third-order valence-corrected chi connectivity index (χ3v) is 4.24. The molecule has 0 aliphatic rings. The Balaban J connectivity index is 2.60. The van der Waals surface area contributed by atoms with Gasteiger partial charge >= 0.3 is 0 Å². The van der Waals surface area contributed by atoms with Crippen molar-refractivity contribution in [2.24, 2.45) is 7.05 Å². The van der Waals surface area contributed by atoms with E-state index in [1.54, 1.807) is 20.0 Å². The number of aromatic nitrogens is 2. The number of ether oxygens (including phenoxy) is 1. The number of halogens is 2. The summed E-state index contributed by atoms with van der Waals surface area (Å²) in [4.78, 5) is 12.6. The second-order valence-corrected chi connectivity index (χ2v) is 5.27. The van der Waals surface area contributed by atoms with Crippen molar-refractivity contribution in [1.82, 2.24) is 9.78 Å². The molecule has 0 radical (unpaired) electrons. The fraction of sp³-hybridized carbons (Fsp3) is 0.286. The quantitative estimate of drug-likeness (QED) is 0.814. The Labute approximate surface area is 127 Å². The van der Waals surface area contributed by atoms with Gasteiger partial charge in [-0.05, 0) is 31.0 Å². The van der Waals surface area contributed by atoms with Crippen molar-refractivity contribution in [3.63, 3.8) is 0 Å². The van der Waals surface area contributed by atoms with Gasteiger partial charge in [0.25, 0.3) is 0 Å². The predicted octanol–water partition coefficient (Wildman–Crippen LogP) is 3.58. The lowest BCUT2D eigenvalue weighted by molar-refractivity contribution is 0.103. The highest BCUT2D eigenvalue weighted by Gasteiger charge is 2.22. The number of methoxy groups -OCH3 is 1. The van der Waals surface area contributed by atoms with E-state index in [4.69, 9.17) is 27.9 Å². The molecule has 0 N–H and O–H groups in total. The summed E-state index contributed by atoms with van der Waals surface area (Å²) in [5.74, 6) is 0.166. The maximum Gasteiger partial charge on any atom is 0.222 e. The van der Waals surface area contributed by atoms with Crippen molar-refractivity contribution >= 4 is 29.0 Å². The van der Waals surface area contributed by atoms with Gasteiger partial charge in [-0.1, -0.05) is 23.2 Å². The first-order chi connectivity index (χ1) is 9.38. The molecule has 0 bridgehead atoms. The Morgan fingerprint density at radius 3 is 2.50 bits per heavy atom. The first-order valence-corrected chi connectivity index (χ1v) is 6.70. The van der Waals surface area contributed by atoms with Gasteiger partial charge < -0.3 is 4.74 Å². The number of carbonyl (C=O) groups excluding carboxylic acids is 1. The van der Waals surface area contributed by atoms with Gasteiger partial charge in [0.1, 0.15) is 5.56 Å². The number of hydrogen-bond acceptors (Lipinski definition) is 3. The lowest BCUT2D eigenvalue weighted by Gasteiger charge is -2.11. The van der Waals surface area contributed by atoms with Crippen LogP contribution in [0.5, 0.6) is 5.88 Å². The van der Waals surface area contributed by atoms with E-state index in [-0.39, 0.29) is 5.78 Å². The van der Waals surface area contributed by atoms with Crippen LogP contribution in [-0.2, 0) is 7.05 Å². The van der Waals surface area contributed by atoms with E-state index < -0.39 is 0 Å². The summed E-state index contributed by atoms with van der Waals surface area (Å²) >= 11 is 12.4. The number of carbonyl (C=O) groups is 1. The Kier molecular flexibility index (Phi) is 4.06. The van der Waals surface area contributed by atoms with E-state index in [0.717, 1.165) is 5.56 Å². The minimum Gasteiger partial charge on any atom is -0.481 e. The SMILES string of the molecule is COc1c(C(=O)c2cc(C)c(Cl)c(C)c2Cl)cnn1C. The van der Waals surface area contributed by atoms with Gasteiger partial charge in [-0.2, -0.15) is 5.10 Å². The Hall–Kier alpha value is -1.52. The molecule has 0 saturated heterocycles. The van der Waals surface area contributed by atoms with Crippen LogP contribution in [0.25, 0.3) is 0 Å². The van der Waals surface area contributed by atoms with Gasteiger partial charge in [0.15, 0.2) is 0 Å². The van der Waals surface area contributed by atoms with Crippen molar-refractivity contribution in [3.05, 3.63) is 44.6 Å². The third kappa shape index (κ3) is 2.30. The number of hydrogen-bond donors (Lipinski definition) is 0. The van der Waals surface area contributed by atoms with E-state index in [1.165, 1.54) is 18.0 Å². The van der Waals surface area contributed by atoms with Crippen LogP contribution in [0.4, 0.5) is 0 Å². The zero-order chi connectivity index (χ0) is 15.0. The molecule has 2 rings (SSSR count). The van der Waals surface area contributed by atoms with Crippen molar-refractivity contribution in [3.8, 4) is 5.88 Å². The fourth-order valence-corrected chi connectivity index (χ4v) is 2.50. The molecule has 0 atom stereocenters. The van der Waals surface area contributed by atoms with Crippen LogP contribution in [0.1, 0.15) is 27.0 Å². The van der Waals surface area contributed by atoms with Crippen molar-refractivity contribution in [1.29, 1.82) is 0 Å². The molecule has 2 aromatic rings. The number of rotatable bonds is 3. The molecule has 1 heterocycles. The maximum absolute atomic E-state index is 12.6. The van der Waals surface area contributed by atoms with Crippen LogP contribution in [-0.4, -0.2) is 22.7 Å². The highest BCUT2D eigenvalue weighted by molar-refractivity contribution is 6.39. The lowest BCUT2D eigenvalue weighted by atomic mass is 10.0. The van der Waals surface area contributed by atoms with E-state index in [0.29, 0.717) is 32.6 Å². The Morgan fingerprint density at radius 1 is 1.25 bits per heavy atom. The van der Waals surface area contributed by atoms with Gasteiger partial charge in [0.2, 0.25) is 11.7 Å². The van der Waals surface area contributed by atoms with E-state index in [1.807, 2.05) is 6.92 Å². The van der Waals surface area contributed by atoms with Gasteiger partial charge in [0.05, 0.1) is 18.3 Å². The monoisotopic (exact) mass is 312 g/mol. The maximum atomic E-state index is 12.6. The van der Waals surface area contributed by atoms with Crippen LogP contribution in [0, 0.1) is 13.8 Å². The molecule has 106 valence electrons. The summed E-state index contributed by atoms with van der Waals surface area (Å²) in [5, 5.41) is 4.96. The molecule has 0 fully saturated rings. The van der Waals surface area contributed by atoms with Crippen LogP contribution in [0.15, 0.2) is 12.3 Å². The summed E-state index contributed by atoms with van der Waals surface area (Å²) in [7, 11) is 3.20. The number of benzene rings is 1. The van der Waals surface area contributed by atoms with Crippen LogP contribution in [0.3, 0.4) is 0 Å². The van der Waals surface area contributed by atoms with Crippen LogP contribution in [0.2, 0.25) is 10.0 Å². The lowest BCUT2D eigenvalue weighted by Crippen LogP contribution is -2.06. The Morgan fingerprint density at radius 2 is 1.90 bits per heavy atom.